The zero-order valence-electron chi connectivity index (χ0n) is 12.8. The van der Waals surface area contributed by atoms with Gasteiger partial charge in [0.2, 0.25) is 0 Å². The molecular weight excluding hydrogens is 292 g/mol. The number of carbonyl (C=O) groups is 1. The largest absolute Gasteiger partial charge is 0.508 e. The summed E-state index contributed by atoms with van der Waals surface area (Å²) in [7, 11) is 0. The second kappa shape index (κ2) is 8.03. The average molecular weight is 312 g/mol. The van der Waals surface area contributed by atoms with E-state index in [0.29, 0.717) is 6.42 Å². The van der Waals surface area contributed by atoms with Crippen LogP contribution in [0.3, 0.4) is 0 Å². The number of aliphatic carboxylic acids is 1. The molecule has 23 heavy (non-hydrogen) atoms. The molecule has 0 fully saturated rings. The number of aryl methyl sites for hydroxylation is 1. The minimum atomic E-state index is -0.747. The van der Waals surface area contributed by atoms with Crippen molar-refractivity contribution in [2.45, 2.75) is 25.7 Å². The Morgan fingerprint density at radius 1 is 0.870 bits per heavy atom. The van der Waals surface area contributed by atoms with Crippen LogP contribution in [0.5, 0.6) is 11.5 Å². The number of unbranched alkanes of at least 4 members (excludes halogenated alkanes) is 1. The number of hydrogen-bond acceptors (Lipinski definition) is 3. The SMILES string of the molecule is O=C(O)CCCCc1ccc(C=Cc2cc(O)cc(O)c2)cc1. The maximum absolute atomic E-state index is 10.4. The highest BCUT2D eigenvalue weighted by Gasteiger charge is 1.99. The summed E-state index contributed by atoms with van der Waals surface area (Å²) < 4.78 is 0. The van der Waals surface area contributed by atoms with Gasteiger partial charge in [-0.15, -0.1) is 0 Å². The Labute approximate surface area is 135 Å². The molecule has 0 unspecified atom stereocenters. The number of benzene rings is 2. The number of carboxylic acid groups (broad SMARTS) is 1. The van der Waals surface area contributed by atoms with E-state index in [1.807, 2.05) is 36.4 Å². The lowest BCUT2D eigenvalue weighted by atomic mass is 10.0. The maximum Gasteiger partial charge on any atom is 0.303 e. The van der Waals surface area contributed by atoms with Gasteiger partial charge in [0.05, 0.1) is 0 Å². The lowest BCUT2D eigenvalue weighted by Crippen LogP contribution is -1.94. The van der Waals surface area contributed by atoms with Crippen LogP contribution in [-0.2, 0) is 11.2 Å². The van der Waals surface area contributed by atoms with Gasteiger partial charge in [0.25, 0.3) is 0 Å². The van der Waals surface area contributed by atoms with E-state index in [1.165, 1.54) is 11.6 Å². The average Bonchev–Trinajstić information content (AvgIpc) is 2.49. The van der Waals surface area contributed by atoms with Gasteiger partial charge in [-0.3, -0.25) is 4.79 Å². The highest BCUT2D eigenvalue weighted by atomic mass is 16.4. The highest BCUT2D eigenvalue weighted by molar-refractivity contribution is 5.71. The monoisotopic (exact) mass is 312 g/mol. The predicted octanol–water partition coefficient (Wildman–Crippen LogP) is 4.07. The van der Waals surface area contributed by atoms with Crippen molar-refractivity contribution in [3.05, 3.63) is 59.2 Å². The number of phenolic OH excluding ortho intramolecular Hbond substituents is 2. The molecule has 0 aromatic heterocycles. The first kappa shape index (κ1) is 16.6. The van der Waals surface area contributed by atoms with E-state index in [-0.39, 0.29) is 17.9 Å². The molecule has 0 spiro atoms. The zero-order chi connectivity index (χ0) is 16.7. The molecular formula is C19H20O4. The third kappa shape index (κ3) is 5.87. The second-order valence-electron chi connectivity index (χ2n) is 5.46. The van der Waals surface area contributed by atoms with E-state index in [0.717, 1.165) is 24.0 Å². The standard InChI is InChI=1S/C19H20O4/c20-17-11-16(12-18(21)13-17)10-9-15-7-5-14(6-8-15)3-1-2-4-19(22)23/h5-13,20-21H,1-4H2,(H,22,23). The topological polar surface area (TPSA) is 77.8 Å². The van der Waals surface area contributed by atoms with Gasteiger partial charge in [0.15, 0.2) is 0 Å². The van der Waals surface area contributed by atoms with Crippen molar-refractivity contribution >= 4 is 18.1 Å². The number of hydrogen-bond donors (Lipinski definition) is 3. The summed E-state index contributed by atoms with van der Waals surface area (Å²) in [5.41, 5.74) is 2.92. The van der Waals surface area contributed by atoms with Gasteiger partial charge in [-0.2, -0.15) is 0 Å². The second-order valence-corrected chi connectivity index (χ2v) is 5.46. The molecule has 0 saturated carbocycles. The molecule has 2 aromatic rings. The summed E-state index contributed by atoms with van der Waals surface area (Å²) in [4.78, 5) is 10.4. The van der Waals surface area contributed by atoms with E-state index in [4.69, 9.17) is 5.11 Å². The Bertz CT molecular complexity index is 667. The van der Waals surface area contributed by atoms with Crippen LogP contribution in [-0.4, -0.2) is 21.3 Å². The Kier molecular flexibility index (Phi) is 5.80. The quantitative estimate of drug-likeness (QED) is 0.532. The van der Waals surface area contributed by atoms with E-state index < -0.39 is 5.97 Å². The number of phenols is 2. The van der Waals surface area contributed by atoms with Gasteiger partial charge in [-0.1, -0.05) is 36.4 Å². The fourth-order valence-corrected chi connectivity index (χ4v) is 2.31. The maximum atomic E-state index is 10.4. The first-order valence-corrected chi connectivity index (χ1v) is 7.55. The molecule has 0 atom stereocenters. The van der Waals surface area contributed by atoms with Gasteiger partial charge in [-0.25, -0.2) is 0 Å². The zero-order valence-corrected chi connectivity index (χ0v) is 12.8. The van der Waals surface area contributed by atoms with Crippen molar-refractivity contribution in [3.8, 4) is 11.5 Å². The summed E-state index contributed by atoms with van der Waals surface area (Å²) >= 11 is 0. The van der Waals surface area contributed by atoms with E-state index in [1.54, 1.807) is 12.1 Å². The van der Waals surface area contributed by atoms with Crippen molar-refractivity contribution in [2.24, 2.45) is 0 Å². The van der Waals surface area contributed by atoms with Crippen molar-refractivity contribution < 1.29 is 20.1 Å². The summed E-state index contributed by atoms with van der Waals surface area (Å²) in [5.74, 6) is -0.689. The fraction of sp³-hybridized carbons (Fsp3) is 0.211. The minimum absolute atomic E-state index is 0.0290. The van der Waals surface area contributed by atoms with Crippen LogP contribution in [0.1, 0.15) is 36.0 Å². The van der Waals surface area contributed by atoms with Gasteiger partial charge >= 0.3 is 5.97 Å². The number of aromatic hydroxyl groups is 2. The van der Waals surface area contributed by atoms with Crippen molar-refractivity contribution in [2.75, 3.05) is 0 Å². The van der Waals surface area contributed by atoms with Crippen LogP contribution in [0.25, 0.3) is 12.2 Å². The van der Waals surface area contributed by atoms with Gasteiger partial charge < -0.3 is 15.3 Å². The van der Waals surface area contributed by atoms with Crippen LogP contribution in [0.4, 0.5) is 0 Å². The number of carboxylic acids is 1. The molecule has 0 aliphatic rings. The molecule has 0 aliphatic carbocycles. The van der Waals surface area contributed by atoms with Crippen molar-refractivity contribution in [1.29, 1.82) is 0 Å². The van der Waals surface area contributed by atoms with Gasteiger partial charge in [0.1, 0.15) is 11.5 Å². The Morgan fingerprint density at radius 2 is 1.48 bits per heavy atom. The summed E-state index contributed by atoms with van der Waals surface area (Å²) in [5, 5.41) is 27.5. The summed E-state index contributed by atoms with van der Waals surface area (Å²) in [6.45, 7) is 0. The van der Waals surface area contributed by atoms with Gasteiger partial charge in [-0.05, 0) is 48.1 Å². The summed E-state index contributed by atoms with van der Waals surface area (Å²) in [6, 6.07) is 12.5. The third-order valence-corrected chi connectivity index (χ3v) is 3.48. The molecule has 2 aromatic carbocycles. The molecule has 3 N–H and O–H groups in total. The van der Waals surface area contributed by atoms with Crippen LogP contribution in [0.15, 0.2) is 42.5 Å². The van der Waals surface area contributed by atoms with Crippen molar-refractivity contribution in [3.63, 3.8) is 0 Å². The van der Waals surface area contributed by atoms with E-state index in [2.05, 4.69) is 0 Å². The van der Waals surface area contributed by atoms with Crippen LogP contribution < -0.4 is 0 Å². The van der Waals surface area contributed by atoms with Crippen LogP contribution >= 0.6 is 0 Å². The molecule has 0 radical (unpaired) electrons. The predicted molar refractivity (Wildman–Crippen MR) is 90.3 cm³/mol. The first-order valence-electron chi connectivity index (χ1n) is 7.55. The molecule has 0 bridgehead atoms. The van der Waals surface area contributed by atoms with Gasteiger partial charge in [0, 0.05) is 12.5 Å². The van der Waals surface area contributed by atoms with E-state index in [9.17, 15) is 15.0 Å². The molecule has 4 nitrogen and oxygen atoms in total. The molecule has 0 saturated heterocycles. The lowest BCUT2D eigenvalue weighted by molar-refractivity contribution is -0.137. The highest BCUT2D eigenvalue weighted by Crippen LogP contribution is 2.22. The summed E-state index contributed by atoms with van der Waals surface area (Å²) in [6.07, 6.45) is 6.38. The Balaban J connectivity index is 1.91. The molecule has 0 aliphatic heterocycles. The third-order valence-electron chi connectivity index (χ3n) is 3.48. The molecule has 0 heterocycles. The Morgan fingerprint density at radius 3 is 2.09 bits per heavy atom. The first-order chi connectivity index (χ1) is 11.0. The molecule has 120 valence electrons. The normalized spacial score (nSPS) is 11.0. The minimum Gasteiger partial charge on any atom is -0.508 e. The van der Waals surface area contributed by atoms with Crippen molar-refractivity contribution in [1.82, 2.24) is 0 Å². The smallest absolute Gasteiger partial charge is 0.303 e. The molecule has 2 rings (SSSR count). The lowest BCUT2D eigenvalue weighted by Gasteiger charge is -2.02. The number of rotatable bonds is 7. The van der Waals surface area contributed by atoms with Crippen LogP contribution in [0, 0.1) is 0 Å². The molecule has 0 amide bonds. The van der Waals surface area contributed by atoms with Crippen LogP contribution in [0.2, 0.25) is 0 Å². The molecule has 4 heteroatoms. The fourth-order valence-electron chi connectivity index (χ4n) is 2.31. The van der Waals surface area contributed by atoms with E-state index >= 15 is 0 Å². The Hall–Kier alpha value is -2.75.